The number of nitrogens with zero attached hydrogens (tertiary/aromatic N) is 1. The summed E-state index contributed by atoms with van der Waals surface area (Å²) in [6.45, 7) is 4.98. The fourth-order valence-electron chi connectivity index (χ4n) is 2.01. The SMILES string of the molecule is CCOc1ccc(Br)cc1CNCCCOc1ccccn1. The number of ether oxygens (including phenoxy) is 2. The van der Waals surface area contributed by atoms with Gasteiger partial charge in [-0.25, -0.2) is 4.98 Å². The van der Waals surface area contributed by atoms with Crippen LogP contribution in [0, 0.1) is 0 Å². The van der Waals surface area contributed by atoms with Gasteiger partial charge in [-0.05, 0) is 44.2 Å². The first-order chi connectivity index (χ1) is 10.8. The summed E-state index contributed by atoms with van der Waals surface area (Å²) in [5.41, 5.74) is 1.15. The lowest BCUT2D eigenvalue weighted by Gasteiger charge is -2.12. The molecule has 0 saturated heterocycles. The molecule has 0 bridgehead atoms. The zero-order valence-electron chi connectivity index (χ0n) is 12.7. The highest BCUT2D eigenvalue weighted by atomic mass is 79.9. The van der Waals surface area contributed by atoms with Crippen LogP contribution in [0.1, 0.15) is 18.9 Å². The molecule has 0 aliphatic rings. The maximum Gasteiger partial charge on any atom is 0.213 e. The van der Waals surface area contributed by atoms with Gasteiger partial charge in [0.1, 0.15) is 5.75 Å². The Morgan fingerprint density at radius 1 is 1.18 bits per heavy atom. The lowest BCUT2D eigenvalue weighted by Crippen LogP contribution is -2.17. The van der Waals surface area contributed by atoms with E-state index in [2.05, 4.69) is 32.3 Å². The van der Waals surface area contributed by atoms with Crippen molar-refractivity contribution in [1.29, 1.82) is 0 Å². The normalized spacial score (nSPS) is 10.5. The van der Waals surface area contributed by atoms with Crippen molar-refractivity contribution < 1.29 is 9.47 Å². The van der Waals surface area contributed by atoms with Crippen molar-refractivity contribution >= 4 is 15.9 Å². The lowest BCUT2D eigenvalue weighted by molar-refractivity contribution is 0.296. The first-order valence-corrected chi connectivity index (χ1v) is 8.24. The Kier molecular flexibility index (Phi) is 7.19. The van der Waals surface area contributed by atoms with Gasteiger partial charge in [0.15, 0.2) is 0 Å². The highest BCUT2D eigenvalue weighted by molar-refractivity contribution is 9.10. The number of hydrogen-bond donors (Lipinski definition) is 1. The molecule has 0 aliphatic heterocycles. The fraction of sp³-hybridized carbons (Fsp3) is 0.353. The lowest BCUT2D eigenvalue weighted by atomic mass is 10.2. The molecule has 22 heavy (non-hydrogen) atoms. The van der Waals surface area contributed by atoms with Gasteiger partial charge in [0.2, 0.25) is 5.88 Å². The number of pyridine rings is 1. The second-order valence-corrected chi connectivity index (χ2v) is 5.65. The second kappa shape index (κ2) is 9.43. The Morgan fingerprint density at radius 2 is 2.09 bits per heavy atom. The summed E-state index contributed by atoms with van der Waals surface area (Å²) in [6.07, 6.45) is 2.66. The topological polar surface area (TPSA) is 43.4 Å². The van der Waals surface area contributed by atoms with E-state index >= 15 is 0 Å². The number of halogens is 1. The molecule has 1 heterocycles. The Bertz CT molecular complexity index is 564. The van der Waals surface area contributed by atoms with Crippen molar-refractivity contribution in [3.63, 3.8) is 0 Å². The first kappa shape index (κ1) is 16.8. The van der Waals surface area contributed by atoms with Crippen LogP contribution < -0.4 is 14.8 Å². The average Bonchev–Trinajstić information content (AvgIpc) is 2.54. The van der Waals surface area contributed by atoms with Crippen LogP contribution in [0.2, 0.25) is 0 Å². The van der Waals surface area contributed by atoms with Gasteiger partial charge in [-0.2, -0.15) is 0 Å². The van der Waals surface area contributed by atoms with Gasteiger partial charge in [-0.1, -0.05) is 22.0 Å². The highest BCUT2D eigenvalue weighted by Crippen LogP contribution is 2.23. The largest absolute Gasteiger partial charge is 0.494 e. The summed E-state index contributed by atoms with van der Waals surface area (Å²) < 4.78 is 12.3. The van der Waals surface area contributed by atoms with E-state index in [0.29, 0.717) is 19.1 Å². The van der Waals surface area contributed by atoms with Gasteiger partial charge in [-0.3, -0.25) is 0 Å². The van der Waals surface area contributed by atoms with Crippen LogP contribution >= 0.6 is 15.9 Å². The zero-order chi connectivity index (χ0) is 15.6. The minimum absolute atomic E-state index is 0.654. The number of benzene rings is 1. The van der Waals surface area contributed by atoms with Crippen molar-refractivity contribution in [2.75, 3.05) is 19.8 Å². The number of aromatic nitrogens is 1. The fourth-order valence-corrected chi connectivity index (χ4v) is 2.42. The molecule has 0 saturated carbocycles. The molecule has 0 fully saturated rings. The van der Waals surface area contributed by atoms with E-state index < -0.39 is 0 Å². The molecule has 118 valence electrons. The molecule has 0 amide bonds. The van der Waals surface area contributed by atoms with Crippen LogP contribution in [0.15, 0.2) is 47.1 Å². The molecule has 5 heteroatoms. The molecule has 0 aliphatic carbocycles. The van der Waals surface area contributed by atoms with Gasteiger partial charge >= 0.3 is 0 Å². The quantitative estimate of drug-likeness (QED) is 0.687. The molecule has 2 aromatic rings. The molecular formula is C17H21BrN2O2. The molecular weight excluding hydrogens is 344 g/mol. The smallest absolute Gasteiger partial charge is 0.213 e. The van der Waals surface area contributed by atoms with E-state index in [-0.39, 0.29) is 0 Å². The molecule has 0 spiro atoms. The maximum atomic E-state index is 5.63. The maximum absolute atomic E-state index is 5.63. The van der Waals surface area contributed by atoms with Crippen LogP contribution in [-0.2, 0) is 6.54 Å². The summed E-state index contributed by atoms with van der Waals surface area (Å²) in [5.74, 6) is 1.61. The third-order valence-corrected chi connectivity index (χ3v) is 3.52. The van der Waals surface area contributed by atoms with Crippen LogP contribution in [0.5, 0.6) is 11.6 Å². The summed E-state index contributed by atoms with van der Waals surface area (Å²) >= 11 is 3.50. The summed E-state index contributed by atoms with van der Waals surface area (Å²) in [7, 11) is 0. The van der Waals surface area contributed by atoms with Crippen molar-refractivity contribution in [2.24, 2.45) is 0 Å². The Balaban J connectivity index is 1.69. The van der Waals surface area contributed by atoms with Crippen molar-refractivity contribution in [1.82, 2.24) is 10.3 Å². The Morgan fingerprint density at radius 3 is 2.86 bits per heavy atom. The minimum atomic E-state index is 0.654. The molecule has 4 nitrogen and oxygen atoms in total. The van der Waals surface area contributed by atoms with Crippen LogP contribution in [-0.4, -0.2) is 24.7 Å². The van der Waals surface area contributed by atoms with Crippen LogP contribution in [0.4, 0.5) is 0 Å². The van der Waals surface area contributed by atoms with E-state index in [4.69, 9.17) is 9.47 Å². The van der Waals surface area contributed by atoms with Crippen LogP contribution in [0.3, 0.4) is 0 Å². The monoisotopic (exact) mass is 364 g/mol. The third-order valence-electron chi connectivity index (χ3n) is 3.02. The predicted molar refractivity (Wildman–Crippen MR) is 91.4 cm³/mol. The zero-order valence-corrected chi connectivity index (χ0v) is 14.3. The summed E-state index contributed by atoms with van der Waals surface area (Å²) in [4.78, 5) is 4.12. The summed E-state index contributed by atoms with van der Waals surface area (Å²) in [5, 5.41) is 3.41. The minimum Gasteiger partial charge on any atom is -0.494 e. The third kappa shape index (κ3) is 5.66. The summed E-state index contributed by atoms with van der Waals surface area (Å²) in [6, 6.07) is 11.7. The van der Waals surface area contributed by atoms with Gasteiger partial charge in [0, 0.05) is 28.8 Å². The van der Waals surface area contributed by atoms with Gasteiger partial charge in [0.05, 0.1) is 13.2 Å². The average molecular weight is 365 g/mol. The highest BCUT2D eigenvalue weighted by Gasteiger charge is 2.04. The van der Waals surface area contributed by atoms with E-state index in [0.717, 1.165) is 35.3 Å². The van der Waals surface area contributed by atoms with Gasteiger partial charge in [-0.15, -0.1) is 0 Å². The number of rotatable bonds is 9. The van der Waals surface area contributed by atoms with E-state index in [9.17, 15) is 0 Å². The Hall–Kier alpha value is -1.59. The Labute approximate surface area is 140 Å². The first-order valence-electron chi connectivity index (χ1n) is 7.45. The molecule has 0 radical (unpaired) electrons. The molecule has 0 unspecified atom stereocenters. The number of nitrogens with one attached hydrogen (secondary N) is 1. The molecule has 1 N–H and O–H groups in total. The van der Waals surface area contributed by atoms with Crippen molar-refractivity contribution in [2.45, 2.75) is 19.9 Å². The van der Waals surface area contributed by atoms with E-state index in [1.54, 1.807) is 6.20 Å². The van der Waals surface area contributed by atoms with E-state index in [1.807, 2.05) is 37.3 Å². The predicted octanol–water partition coefficient (Wildman–Crippen LogP) is 3.80. The van der Waals surface area contributed by atoms with Gasteiger partial charge < -0.3 is 14.8 Å². The molecule has 1 aromatic carbocycles. The standard InChI is InChI=1S/C17H21BrN2O2/c1-2-21-16-8-7-15(18)12-14(16)13-19-9-5-11-22-17-6-3-4-10-20-17/h3-4,6-8,10,12,19H,2,5,9,11,13H2,1H3. The molecule has 0 atom stereocenters. The molecule has 2 rings (SSSR count). The molecule has 1 aromatic heterocycles. The second-order valence-electron chi connectivity index (χ2n) is 4.73. The van der Waals surface area contributed by atoms with Crippen molar-refractivity contribution in [3.05, 3.63) is 52.6 Å². The van der Waals surface area contributed by atoms with E-state index in [1.165, 1.54) is 0 Å². The van der Waals surface area contributed by atoms with Gasteiger partial charge in [0.25, 0.3) is 0 Å². The van der Waals surface area contributed by atoms with Crippen molar-refractivity contribution in [3.8, 4) is 11.6 Å². The number of hydrogen-bond acceptors (Lipinski definition) is 4. The van der Waals surface area contributed by atoms with Crippen LogP contribution in [0.25, 0.3) is 0 Å².